The highest BCUT2D eigenvalue weighted by atomic mass is 35.5. The third kappa shape index (κ3) is 5.07. The second kappa shape index (κ2) is 11.2. The summed E-state index contributed by atoms with van der Waals surface area (Å²) in [7, 11) is 0. The van der Waals surface area contributed by atoms with E-state index in [0.29, 0.717) is 34.2 Å². The number of ketones is 1. The van der Waals surface area contributed by atoms with Crippen molar-refractivity contribution < 1.29 is 29.0 Å². The smallest absolute Gasteiger partial charge is 0.350 e. The predicted molar refractivity (Wildman–Crippen MR) is 146 cm³/mol. The number of aliphatic hydroxyl groups excluding tert-OH is 1. The molecule has 196 valence electrons. The molecule has 1 N–H and O–H groups in total. The van der Waals surface area contributed by atoms with Crippen LogP contribution in [-0.2, 0) is 14.3 Å². The number of hydrogen-bond donors (Lipinski definition) is 1. The average molecular weight is 553 g/mol. The lowest BCUT2D eigenvalue weighted by Crippen LogP contribution is -2.29. The Morgan fingerprint density at radius 3 is 2.66 bits per heavy atom. The predicted octanol–water partition coefficient (Wildman–Crippen LogP) is 5.78. The van der Waals surface area contributed by atoms with Gasteiger partial charge in [0.05, 0.1) is 23.9 Å². The van der Waals surface area contributed by atoms with E-state index in [-0.39, 0.29) is 27.9 Å². The minimum atomic E-state index is -1.04. The van der Waals surface area contributed by atoms with Crippen molar-refractivity contribution >= 4 is 51.5 Å². The van der Waals surface area contributed by atoms with Crippen LogP contribution in [0.1, 0.15) is 45.0 Å². The minimum Gasteiger partial charge on any atom is -0.507 e. The van der Waals surface area contributed by atoms with Crippen molar-refractivity contribution in [1.82, 2.24) is 4.98 Å². The van der Waals surface area contributed by atoms with Crippen LogP contribution in [0.2, 0.25) is 5.02 Å². The molecule has 0 radical (unpaired) electrons. The Labute approximate surface area is 228 Å². The summed E-state index contributed by atoms with van der Waals surface area (Å²) in [5.41, 5.74) is 1.79. The van der Waals surface area contributed by atoms with E-state index in [2.05, 4.69) is 11.6 Å². The fourth-order valence-electron chi connectivity index (χ4n) is 4.16. The molecule has 0 aliphatic carbocycles. The zero-order valence-corrected chi connectivity index (χ0v) is 22.6. The maximum absolute atomic E-state index is 13.4. The molecule has 2 heterocycles. The first-order valence-corrected chi connectivity index (χ1v) is 12.9. The molecule has 1 atom stereocenters. The maximum atomic E-state index is 13.4. The number of benzene rings is 2. The van der Waals surface area contributed by atoms with Crippen LogP contribution in [0.5, 0.6) is 5.75 Å². The number of aryl methyl sites for hydroxylation is 2. The standard InChI is InChI=1S/C28H25ClN2O6S/c1-5-12-37-20-11-10-18(13-15(20)3)23(32)21-22(17-8-7-9-19(29)14-17)31(26(34)24(21)33)28-30-16(4)25(38-28)27(35)36-6-2/h5,7-11,13-14,22,32H,1,6,12H2,2-4H3/t22-/m0/s1. The second-order valence-corrected chi connectivity index (χ2v) is 9.85. The van der Waals surface area contributed by atoms with Gasteiger partial charge < -0.3 is 14.6 Å². The Hall–Kier alpha value is -3.95. The largest absolute Gasteiger partial charge is 0.507 e. The fraction of sp³-hybridized carbons (Fsp3) is 0.214. The van der Waals surface area contributed by atoms with Gasteiger partial charge in [0.15, 0.2) is 5.13 Å². The summed E-state index contributed by atoms with van der Waals surface area (Å²) in [5, 5.41) is 11.9. The molecule has 0 unspecified atom stereocenters. The van der Waals surface area contributed by atoms with Crippen LogP contribution in [0.25, 0.3) is 5.76 Å². The number of aliphatic hydroxyl groups is 1. The molecular weight excluding hydrogens is 528 g/mol. The van der Waals surface area contributed by atoms with Gasteiger partial charge in [-0.2, -0.15) is 0 Å². The number of carbonyl (C=O) groups is 3. The van der Waals surface area contributed by atoms with Gasteiger partial charge in [-0.15, -0.1) is 0 Å². The third-order valence-corrected chi connectivity index (χ3v) is 7.24. The van der Waals surface area contributed by atoms with Crippen LogP contribution in [0.15, 0.2) is 60.7 Å². The zero-order chi connectivity index (χ0) is 27.6. The quantitative estimate of drug-likeness (QED) is 0.124. The number of anilines is 1. The van der Waals surface area contributed by atoms with Gasteiger partial charge in [0.2, 0.25) is 0 Å². The van der Waals surface area contributed by atoms with Crippen molar-refractivity contribution in [3.8, 4) is 5.75 Å². The van der Waals surface area contributed by atoms with E-state index in [1.165, 1.54) is 4.90 Å². The number of halogens is 1. The number of hydrogen-bond acceptors (Lipinski definition) is 8. The summed E-state index contributed by atoms with van der Waals surface area (Å²) in [6.07, 6.45) is 1.62. The van der Waals surface area contributed by atoms with E-state index < -0.39 is 23.7 Å². The van der Waals surface area contributed by atoms with Gasteiger partial charge in [0.25, 0.3) is 5.78 Å². The van der Waals surface area contributed by atoms with Crippen LogP contribution < -0.4 is 9.64 Å². The number of thiazole rings is 1. The molecule has 2 aromatic carbocycles. The van der Waals surface area contributed by atoms with Gasteiger partial charge in [-0.25, -0.2) is 9.78 Å². The van der Waals surface area contributed by atoms with Gasteiger partial charge >= 0.3 is 11.9 Å². The SMILES string of the molecule is C=CCOc1ccc(C(O)=C2C(=O)C(=O)N(c3nc(C)c(C(=O)OCC)s3)[C@H]2c2cccc(Cl)c2)cc1C. The van der Waals surface area contributed by atoms with Crippen molar-refractivity contribution in [2.24, 2.45) is 0 Å². The van der Waals surface area contributed by atoms with Crippen LogP contribution in [0, 0.1) is 13.8 Å². The van der Waals surface area contributed by atoms with E-state index in [0.717, 1.165) is 16.9 Å². The van der Waals surface area contributed by atoms with Crippen LogP contribution in [-0.4, -0.2) is 41.0 Å². The molecule has 0 spiro atoms. The molecule has 1 aliphatic heterocycles. The summed E-state index contributed by atoms with van der Waals surface area (Å²) < 4.78 is 10.7. The number of aromatic nitrogens is 1. The Morgan fingerprint density at radius 1 is 1.24 bits per heavy atom. The van der Waals surface area contributed by atoms with Crippen molar-refractivity contribution in [2.45, 2.75) is 26.8 Å². The van der Waals surface area contributed by atoms with Crippen molar-refractivity contribution in [1.29, 1.82) is 0 Å². The van der Waals surface area contributed by atoms with Crippen LogP contribution >= 0.6 is 22.9 Å². The first-order chi connectivity index (χ1) is 18.2. The van der Waals surface area contributed by atoms with Crippen LogP contribution in [0.4, 0.5) is 5.13 Å². The fourth-order valence-corrected chi connectivity index (χ4v) is 5.34. The average Bonchev–Trinajstić information content (AvgIpc) is 3.39. The molecule has 1 amide bonds. The first-order valence-electron chi connectivity index (χ1n) is 11.7. The molecule has 38 heavy (non-hydrogen) atoms. The van der Waals surface area contributed by atoms with Gasteiger partial charge in [0.1, 0.15) is 23.0 Å². The Bertz CT molecular complexity index is 1480. The van der Waals surface area contributed by atoms with E-state index in [1.807, 2.05) is 0 Å². The lowest BCUT2D eigenvalue weighted by Gasteiger charge is -2.23. The molecular formula is C28H25ClN2O6S. The lowest BCUT2D eigenvalue weighted by molar-refractivity contribution is -0.132. The molecule has 1 saturated heterocycles. The molecule has 0 bridgehead atoms. The van der Waals surface area contributed by atoms with Gasteiger partial charge in [-0.05, 0) is 62.2 Å². The monoisotopic (exact) mass is 552 g/mol. The number of esters is 1. The maximum Gasteiger partial charge on any atom is 0.350 e. The van der Waals surface area contributed by atoms with E-state index in [4.69, 9.17) is 21.1 Å². The van der Waals surface area contributed by atoms with Crippen molar-refractivity contribution in [2.75, 3.05) is 18.1 Å². The van der Waals surface area contributed by atoms with Gasteiger partial charge in [0, 0.05) is 10.6 Å². The molecule has 4 rings (SSSR count). The van der Waals surface area contributed by atoms with E-state index in [9.17, 15) is 19.5 Å². The summed E-state index contributed by atoms with van der Waals surface area (Å²) in [6, 6.07) is 10.6. The molecule has 3 aromatic rings. The normalized spacial score (nSPS) is 16.5. The number of rotatable bonds is 8. The Balaban J connectivity index is 1.88. The number of Topliss-reactive ketones (excluding diaryl/α,β-unsaturated/α-hetero) is 1. The van der Waals surface area contributed by atoms with Gasteiger partial charge in [-0.1, -0.05) is 47.7 Å². The lowest BCUT2D eigenvalue weighted by atomic mass is 9.95. The highest BCUT2D eigenvalue weighted by Crippen LogP contribution is 2.44. The summed E-state index contributed by atoms with van der Waals surface area (Å²) in [5.74, 6) is -2.10. The second-order valence-electron chi connectivity index (χ2n) is 8.44. The number of nitrogens with zero attached hydrogens (tertiary/aromatic N) is 2. The van der Waals surface area contributed by atoms with E-state index >= 15 is 0 Å². The summed E-state index contributed by atoms with van der Waals surface area (Å²) in [6.45, 7) is 9.23. The molecule has 0 saturated carbocycles. The zero-order valence-electron chi connectivity index (χ0n) is 21.0. The van der Waals surface area contributed by atoms with E-state index in [1.54, 1.807) is 69.3 Å². The molecule has 1 aromatic heterocycles. The molecule has 1 aliphatic rings. The highest BCUT2D eigenvalue weighted by Gasteiger charge is 2.48. The number of ether oxygens (including phenoxy) is 2. The third-order valence-electron chi connectivity index (χ3n) is 5.87. The molecule has 10 heteroatoms. The highest BCUT2D eigenvalue weighted by molar-refractivity contribution is 7.17. The summed E-state index contributed by atoms with van der Waals surface area (Å²) >= 11 is 7.20. The van der Waals surface area contributed by atoms with Gasteiger partial charge in [-0.3, -0.25) is 14.5 Å². The van der Waals surface area contributed by atoms with Crippen molar-refractivity contribution in [3.05, 3.63) is 93.0 Å². The number of amides is 1. The Morgan fingerprint density at radius 2 is 2.00 bits per heavy atom. The summed E-state index contributed by atoms with van der Waals surface area (Å²) in [4.78, 5) is 45.0. The molecule has 8 nitrogen and oxygen atoms in total. The number of carbonyl (C=O) groups excluding carboxylic acids is 3. The molecule has 1 fully saturated rings. The topological polar surface area (TPSA) is 106 Å². The first kappa shape index (κ1) is 27.1. The minimum absolute atomic E-state index is 0.123. The Kier molecular flexibility index (Phi) is 7.99. The van der Waals surface area contributed by atoms with Crippen LogP contribution in [0.3, 0.4) is 0 Å². The van der Waals surface area contributed by atoms with Crippen molar-refractivity contribution in [3.63, 3.8) is 0 Å².